The number of amides is 1. The third-order valence-corrected chi connectivity index (χ3v) is 3.33. The molecular weight excluding hydrogens is 216 g/mol. The molecule has 0 aromatic rings. The fraction of sp³-hybridized carbons (Fsp3) is 0.889. The van der Waals surface area contributed by atoms with Crippen LogP contribution in [0, 0.1) is 5.41 Å². The van der Waals surface area contributed by atoms with Crippen LogP contribution < -0.4 is 4.72 Å². The highest BCUT2D eigenvalue weighted by Gasteiger charge is 2.32. The standard InChI is InChI=1S/C9H20N2O3S/c1-7(2)10-15(13,14)11(6)8(12)9(3,4)5/h7,10H,1-6H3. The Balaban J connectivity index is 4.87. The van der Waals surface area contributed by atoms with E-state index >= 15 is 0 Å². The minimum atomic E-state index is -3.71. The van der Waals surface area contributed by atoms with Gasteiger partial charge in [-0.2, -0.15) is 13.1 Å². The SMILES string of the molecule is CC(C)NS(=O)(=O)N(C)C(=O)C(C)(C)C. The molecule has 0 heterocycles. The first kappa shape index (κ1) is 14.4. The van der Waals surface area contributed by atoms with Gasteiger partial charge in [-0.3, -0.25) is 4.79 Å². The predicted molar refractivity (Wildman–Crippen MR) is 59.4 cm³/mol. The lowest BCUT2D eigenvalue weighted by Gasteiger charge is -2.26. The normalized spacial score (nSPS) is 13.0. The molecule has 0 rings (SSSR count). The molecular formula is C9H20N2O3S. The molecule has 6 heteroatoms. The van der Waals surface area contributed by atoms with Crippen LogP contribution >= 0.6 is 0 Å². The lowest BCUT2D eigenvalue weighted by molar-refractivity contribution is -0.133. The van der Waals surface area contributed by atoms with E-state index in [0.717, 1.165) is 4.31 Å². The first-order valence-corrected chi connectivity index (χ1v) is 6.23. The van der Waals surface area contributed by atoms with Gasteiger partial charge in [-0.15, -0.1) is 0 Å². The molecule has 1 amide bonds. The fourth-order valence-electron chi connectivity index (χ4n) is 0.958. The summed E-state index contributed by atoms with van der Waals surface area (Å²) >= 11 is 0. The van der Waals surface area contributed by atoms with Crippen molar-refractivity contribution in [3.05, 3.63) is 0 Å². The molecule has 0 aliphatic heterocycles. The van der Waals surface area contributed by atoms with Gasteiger partial charge in [-0.1, -0.05) is 20.8 Å². The summed E-state index contributed by atoms with van der Waals surface area (Å²) in [5.41, 5.74) is -0.708. The summed E-state index contributed by atoms with van der Waals surface area (Å²) in [5.74, 6) is -0.435. The third kappa shape index (κ3) is 4.17. The van der Waals surface area contributed by atoms with E-state index in [0.29, 0.717) is 0 Å². The zero-order valence-electron chi connectivity index (χ0n) is 10.2. The van der Waals surface area contributed by atoms with Gasteiger partial charge in [-0.05, 0) is 13.8 Å². The number of hydrogen-bond donors (Lipinski definition) is 1. The molecule has 0 aromatic carbocycles. The number of carbonyl (C=O) groups is 1. The van der Waals surface area contributed by atoms with Crippen molar-refractivity contribution in [1.82, 2.24) is 9.03 Å². The van der Waals surface area contributed by atoms with Gasteiger partial charge >= 0.3 is 10.2 Å². The van der Waals surface area contributed by atoms with Crippen LogP contribution in [0.4, 0.5) is 0 Å². The highest BCUT2D eigenvalue weighted by atomic mass is 32.2. The largest absolute Gasteiger partial charge is 0.303 e. The van der Waals surface area contributed by atoms with Crippen molar-refractivity contribution < 1.29 is 13.2 Å². The Hall–Kier alpha value is -0.620. The van der Waals surface area contributed by atoms with E-state index in [1.165, 1.54) is 7.05 Å². The van der Waals surface area contributed by atoms with Gasteiger partial charge in [0.05, 0.1) is 0 Å². The molecule has 0 fully saturated rings. The lowest BCUT2D eigenvalue weighted by atomic mass is 9.96. The molecule has 0 atom stereocenters. The molecule has 0 spiro atoms. The Kier molecular flexibility index (Phi) is 4.30. The van der Waals surface area contributed by atoms with E-state index in [4.69, 9.17) is 0 Å². The first-order chi connectivity index (χ1) is 6.48. The Bertz CT molecular complexity index is 328. The van der Waals surface area contributed by atoms with Crippen LogP contribution in [0.1, 0.15) is 34.6 Å². The Labute approximate surface area is 92.0 Å². The molecule has 0 saturated carbocycles. The molecule has 0 aliphatic rings. The van der Waals surface area contributed by atoms with E-state index in [-0.39, 0.29) is 6.04 Å². The molecule has 0 saturated heterocycles. The highest BCUT2D eigenvalue weighted by molar-refractivity contribution is 7.87. The van der Waals surface area contributed by atoms with E-state index < -0.39 is 21.5 Å². The van der Waals surface area contributed by atoms with Crippen molar-refractivity contribution in [2.24, 2.45) is 5.41 Å². The van der Waals surface area contributed by atoms with Crippen LogP contribution in [-0.4, -0.2) is 31.7 Å². The van der Waals surface area contributed by atoms with Gasteiger partial charge in [0.25, 0.3) is 0 Å². The zero-order valence-corrected chi connectivity index (χ0v) is 11.0. The van der Waals surface area contributed by atoms with E-state index in [1.807, 2.05) is 0 Å². The topological polar surface area (TPSA) is 66.5 Å². The molecule has 0 unspecified atom stereocenters. The second kappa shape index (κ2) is 4.49. The van der Waals surface area contributed by atoms with Crippen LogP contribution in [0.2, 0.25) is 0 Å². The molecule has 0 radical (unpaired) electrons. The van der Waals surface area contributed by atoms with Gasteiger partial charge in [0.2, 0.25) is 5.91 Å². The van der Waals surface area contributed by atoms with Gasteiger partial charge in [0.15, 0.2) is 0 Å². The average Bonchev–Trinajstić information content (AvgIpc) is 1.97. The van der Waals surface area contributed by atoms with Gasteiger partial charge < -0.3 is 0 Å². The van der Waals surface area contributed by atoms with Crippen molar-refractivity contribution in [2.75, 3.05) is 7.05 Å². The van der Waals surface area contributed by atoms with Crippen LogP contribution in [0.15, 0.2) is 0 Å². The molecule has 0 bridgehead atoms. The van der Waals surface area contributed by atoms with Crippen molar-refractivity contribution >= 4 is 16.1 Å². The Morgan fingerprint density at radius 1 is 1.27 bits per heavy atom. The highest BCUT2D eigenvalue weighted by Crippen LogP contribution is 2.17. The van der Waals surface area contributed by atoms with Crippen LogP contribution in [0.5, 0.6) is 0 Å². The van der Waals surface area contributed by atoms with Crippen LogP contribution in [0.25, 0.3) is 0 Å². The smallest absolute Gasteiger partial charge is 0.273 e. The van der Waals surface area contributed by atoms with Crippen LogP contribution in [0.3, 0.4) is 0 Å². The van der Waals surface area contributed by atoms with Crippen LogP contribution in [-0.2, 0) is 15.0 Å². The minimum absolute atomic E-state index is 0.231. The first-order valence-electron chi connectivity index (χ1n) is 4.79. The van der Waals surface area contributed by atoms with E-state index in [2.05, 4.69) is 4.72 Å². The number of nitrogens with one attached hydrogen (secondary N) is 1. The second-order valence-electron chi connectivity index (χ2n) is 4.80. The van der Waals surface area contributed by atoms with Crippen molar-refractivity contribution in [1.29, 1.82) is 0 Å². The van der Waals surface area contributed by atoms with E-state index in [9.17, 15) is 13.2 Å². The monoisotopic (exact) mass is 236 g/mol. The maximum absolute atomic E-state index is 11.7. The lowest BCUT2D eigenvalue weighted by Crippen LogP contribution is -2.48. The third-order valence-electron chi connectivity index (χ3n) is 1.67. The second-order valence-corrected chi connectivity index (χ2v) is 6.53. The summed E-state index contributed by atoms with van der Waals surface area (Å²) in [6.45, 7) is 8.43. The maximum Gasteiger partial charge on any atom is 0.303 e. The molecule has 5 nitrogen and oxygen atoms in total. The summed E-state index contributed by atoms with van der Waals surface area (Å²) in [6.07, 6.45) is 0. The van der Waals surface area contributed by atoms with Gasteiger partial charge in [0, 0.05) is 18.5 Å². The summed E-state index contributed by atoms with van der Waals surface area (Å²) < 4.78 is 26.4. The average molecular weight is 236 g/mol. The summed E-state index contributed by atoms with van der Waals surface area (Å²) in [7, 11) is -2.45. The van der Waals surface area contributed by atoms with Gasteiger partial charge in [-0.25, -0.2) is 4.31 Å². The Morgan fingerprint density at radius 2 is 1.67 bits per heavy atom. The number of rotatable bonds is 3. The molecule has 0 aromatic heterocycles. The Morgan fingerprint density at radius 3 is 1.93 bits per heavy atom. The van der Waals surface area contributed by atoms with Crippen molar-refractivity contribution in [3.63, 3.8) is 0 Å². The summed E-state index contributed by atoms with van der Waals surface area (Å²) in [6, 6.07) is -0.231. The van der Waals surface area contributed by atoms with Crippen molar-refractivity contribution in [3.8, 4) is 0 Å². The number of hydrogen-bond acceptors (Lipinski definition) is 3. The number of nitrogens with zero attached hydrogens (tertiary/aromatic N) is 1. The maximum atomic E-state index is 11.7. The molecule has 0 aliphatic carbocycles. The summed E-state index contributed by atoms with van der Waals surface area (Å²) in [4.78, 5) is 11.7. The number of carbonyl (C=O) groups excluding carboxylic acids is 1. The van der Waals surface area contributed by atoms with E-state index in [1.54, 1.807) is 34.6 Å². The molecule has 15 heavy (non-hydrogen) atoms. The fourth-order valence-corrected chi connectivity index (χ4v) is 2.20. The van der Waals surface area contributed by atoms with Gasteiger partial charge in [0.1, 0.15) is 0 Å². The molecule has 1 N–H and O–H groups in total. The zero-order chi connectivity index (χ0) is 12.4. The quantitative estimate of drug-likeness (QED) is 0.785. The summed E-state index contributed by atoms with van der Waals surface area (Å²) in [5, 5.41) is 0. The minimum Gasteiger partial charge on any atom is -0.273 e. The van der Waals surface area contributed by atoms with Crippen molar-refractivity contribution in [2.45, 2.75) is 40.7 Å². The molecule has 90 valence electrons. The predicted octanol–water partition coefficient (Wildman–Crippen LogP) is 0.734.